The normalized spacial score (nSPS) is 10.1. The number of halogens is 1. The van der Waals surface area contributed by atoms with Crippen LogP contribution in [0.25, 0.3) is 11.3 Å². The quantitative estimate of drug-likeness (QED) is 0.403. The Hall–Kier alpha value is -0.210. The number of H-pyrrole nitrogens is 1. The molecule has 0 aromatic carbocycles. The number of thioether (sulfide) groups is 1. The minimum atomic E-state index is 0. The standard InChI is InChI=1S/C12H15N3S2.HI/c1-2-3-4-8-16-12-11(14-17-15-12)10-6-5-7-13-9-10;/h5-7,9H,2-4,8H2,1H3;1H. The molecular weight excluding hydrogens is 377 g/mol. The van der Waals surface area contributed by atoms with Crippen molar-refractivity contribution in [3.63, 3.8) is 0 Å². The molecular formula is C12H16IN3S2. The Morgan fingerprint density at radius 2 is 2.22 bits per heavy atom. The number of nitrogens with zero attached hydrogens (tertiary/aromatic N) is 2. The first-order valence-corrected chi connectivity index (χ1v) is 7.55. The van der Waals surface area contributed by atoms with E-state index in [9.17, 15) is 0 Å². The maximum Gasteiger partial charge on any atom is 0.176 e. The molecule has 2 rings (SSSR count). The van der Waals surface area contributed by atoms with Gasteiger partial charge in [0.05, 0.1) is 17.3 Å². The van der Waals surface area contributed by atoms with E-state index in [0.29, 0.717) is 0 Å². The predicted octanol–water partition coefficient (Wildman–Crippen LogP) is 0.306. The molecule has 2 heterocycles. The number of hydrogen-bond acceptors (Lipinski definition) is 4. The molecule has 0 aliphatic rings. The second-order valence-corrected chi connectivity index (χ2v) is 5.38. The number of pyridine rings is 1. The fourth-order valence-electron chi connectivity index (χ4n) is 1.51. The van der Waals surface area contributed by atoms with Gasteiger partial charge in [-0.2, -0.15) is 8.75 Å². The Kier molecular flexibility index (Phi) is 7.76. The summed E-state index contributed by atoms with van der Waals surface area (Å²) < 4.78 is 8.74. The molecule has 6 heteroatoms. The fraction of sp³-hybridized carbons (Fsp3) is 0.417. The maximum atomic E-state index is 4.38. The minimum absolute atomic E-state index is 0. The van der Waals surface area contributed by atoms with Gasteiger partial charge in [0.2, 0.25) is 0 Å². The lowest BCUT2D eigenvalue weighted by Crippen LogP contribution is -3.00. The largest absolute Gasteiger partial charge is 1.00 e. The summed E-state index contributed by atoms with van der Waals surface area (Å²) in [7, 11) is 0. The number of nitrogens with one attached hydrogen (secondary N) is 1. The second kappa shape index (κ2) is 8.82. The first kappa shape index (κ1) is 15.8. The van der Waals surface area contributed by atoms with Crippen LogP contribution in [-0.2, 0) is 0 Å². The number of aromatic nitrogens is 3. The highest BCUT2D eigenvalue weighted by Crippen LogP contribution is 2.29. The van der Waals surface area contributed by atoms with Crippen molar-refractivity contribution in [1.29, 1.82) is 0 Å². The summed E-state index contributed by atoms with van der Waals surface area (Å²) in [5.74, 6) is 1.13. The van der Waals surface area contributed by atoms with Gasteiger partial charge in [0.25, 0.3) is 0 Å². The van der Waals surface area contributed by atoms with Crippen molar-refractivity contribution in [2.24, 2.45) is 0 Å². The molecule has 0 aliphatic heterocycles. The number of unbranched alkanes of at least 4 members (excludes halogenated alkanes) is 2. The maximum absolute atomic E-state index is 4.38. The Morgan fingerprint density at radius 1 is 1.33 bits per heavy atom. The smallest absolute Gasteiger partial charge is 0.176 e. The lowest BCUT2D eigenvalue weighted by molar-refractivity contribution is -0.377. The summed E-state index contributed by atoms with van der Waals surface area (Å²) in [5.41, 5.74) is 2.12. The Bertz CT molecular complexity index is 448. The van der Waals surface area contributed by atoms with Gasteiger partial charge in [0.15, 0.2) is 12.4 Å². The molecule has 0 unspecified atom stereocenters. The Morgan fingerprint density at radius 3 is 2.94 bits per heavy atom. The summed E-state index contributed by atoms with van der Waals surface area (Å²) in [6.07, 6.45) is 7.67. The minimum Gasteiger partial charge on any atom is -1.00 e. The number of aromatic amines is 1. The molecule has 0 fully saturated rings. The van der Waals surface area contributed by atoms with Gasteiger partial charge in [-0.3, -0.25) is 0 Å². The monoisotopic (exact) mass is 393 g/mol. The summed E-state index contributed by atoms with van der Waals surface area (Å²) >= 11 is 3.10. The van der Waals surface area contributed by atoms with E-state index in [4.69, 9.17) is 0 Å². The average molecular weight is 393 g/mol. The Balaban J connectivity index is 0.00000162. The predicted molar refractivity (Wildman–Crippen MR) is 72.1 cm³/mol. The molecule has 1 N–H and O–H groups in total. The SMILES string of the molecule is CCCCCSc1nsnc1-c1ccc[nH+]c1.[I-]. The van der Waals surface area contributed by atoms with Crippen molar-refractivity contribution in [2.45, 2.75) is 31.2 Å². The molecule has 2 aromatic rings. The van der Waals surface area contributed by atoms with Gasteiger partial charge in [-0.05, 0) is 18.2 Å². The summed E-state index contributed by atoms with van der Waals surface area (Å²) in [4.78, 5) is 3.08. The van der Waals surface area contributed by atoms with Gasteiger partial charge in [0.1, 0.15) is 10.7 Å². The zero-order valence-corrected chi connectivity index (χ0v) is 14.0. The van der Waals surface area contributed by atoms with Crippen LogP contribution in [-0.4, -0.2) is 14.5 Å². The van der Waals surface area contributed by atoms with Gasteiger partial charge < -0.3 is 24.0 Å². The van der Waals surface area contributed by atoms with Crippen molar-refractivity contribution in [3.8, 4) is 11.3 Å². The van der Waals surface area contributed by atoms with E-state index in [2.05, 4.69) is 26.7 Å². The van der Waals surface area contributed by atoms with E-state index in [0.717, 1.165) is 22.0 Å². The molecule has 0 amide bonds. The highest BCUT2D eigenvalue weighted by Gasteiger charge is 2.12. The van der Waals surface area contributed by atoms with Crippen LogP contribution in [0.1, 0.15) is 26.2 Å². The summed E-state index contributed by atoms with van der Waals surface area (Å²) in [6.45, 7) is 2.22. The molecule has 18 heavy (non-hydrogen) atoms. The Labute approximate surface area is 133 Å². The van der Waals surface area contributed by atoms with Crippen LogP contribution in [0.15, 0.2) is 29.6 Å². The van der Waals surface area contributed by atoms with E-state index in [-0.39, 0.29) is 24.0 Å². The highest BCUT2D eigenvalue weighted by molar-refractivity contribution is 7.99. The molecule has 0 saturated heterocycles. The third kappa shape index (κ3) is 4.47. The molecule has 3 nitrogen and oxygen atoms in total. The number of rotatable bonds is 6. The topological polar surface area (TPSA) is 39.9 Å². The van der Waals surface area contributed by atoms with Crippen molar-refractivity contribution < 1.29 is 29.0 Å². The van der Waals surface area contributed by atoms with Crippen molar-refractivity contribution in [2.75, 3.05) is 5.75 Å². The van der Waals surface area contributed by atoms with Crippen molar-refractivity contribution >= 4 is 23.5 Å². The first-order valence-electron chi connectivity index (χ1n) is 5.83. The van der Waals surface area contributed by atoms with Crippen molar-refractivity contribution in [1.82, 2.24) is 8.75 Å². The third-order valence-corrected chi connectivity index (χ3v) is 4.12. The van der Waals surface area contributed by atoms with Crippen LogP contribution in [0, 0.1) is 0 Å². The fourth-order valence-corrected chi connectivity index (χ4v) is 3.20. The van der Waals surface area contributed by atoms with Crippen LogP contribution in [0.3, 0.4) is 0 Å². The van der Waals surface area contributed by atoms with E-state index in [1.807, 2.05) is 30.2 Å². The first-order chi connectivity index (χ1) is 8.42. The van der Waals surface area contributed by atoms with E-state index >= 15 is 0 Å². The van der Waals surface area contributed by atoms with Gasteiger partial charge in [-0.15, -0.1) is 11.8 Å². The van der Waals surface area contributed by atoms with Gasteiger partial charge in [0, 0.05) is 6.07 Å². The molecule has 98 valence electrons. The zero-order chi connectivity index (χ0) is 11.9. The van der Waals surface area contributed by atoms with Gasteiger partial charge in [-0.25, -0.2) is 4.98 Å². The van der Waals surface area contributed by atoms with Crippen LogP contribution in [0.2, 0.25) is 0 Å². The van der Waals surface area contributed by atoms with Crippen LogP contribution in [0.4, 0.5) is 0 Å². The molecule has 0 atom stereocenters. The molecule has 0 saturated carbocycles. The average Bonchev–Trinajstić information content (AvgIpc) is 2.84. The van der Waals surface area contributed by atoms with E-state index in [1.54, 1.807) is 0 Å². The number of hydrogen-bond donors (Lipinski definition) is 0. The summed E-state index contributed by atoms with van der Waals surface area (Å²) in [6, 6.07) is 4.05. The molecule has 0 spiro atoms. The molecule has 0 bridgehead atoms. The zero-order valence-electron chi connectivity index (χ0n) is 10.2. The van der Waals surface area contributed by atoms with Crippen molar-refractivity contribution in [3.05, 3.63) is 24.5 Å². The van der Waals surface area contributed by atoms with Gasteiger partial charge >= 0.3 is 0 Å². The second-order valence-electron chi connectivity index (χ2n) is 3.77. The van der Waals surface area contributed by atoms with Crippen LogP contribution < -0.4 is 29.0 Å². The third-order valence-electron chi connectivity index (χ3n) is 2.43. The molecule has 0 aliphatic carbocycles. The van der Waals surface area contributed by atoms with Crippen LogP contribution >= 0.6 is 23.5 Å². The van der Waals surface area contributed by atoms with Gasteiger partial charge in [-0.1, -0.05) is 19.8 Å². The molecule has 0 radical (unpaired) electrons. The molecule has 2 aromatic heterocycles. The van der Waals surface area contributed by atoms with Crippen LogP contribution in [0.5, 0.6) is 0 Å². The van der Waals surface area contributed by atoms with E-state index in [1.165, 1.54) is 31.0 Å². The lowest BCUT2D eigenvalue weighted by atomic mass is 10.2. The van der Waals surface area contributed by atoms with E-state index < -0.39 is 0 Å². The lowest BCUT2D eigenvalue weighted by Gasteiger charge is -1.99. The highest BCUT2D eigenvalue weighted by atomic mass is 127. The summed E-state index contributed by atoms with van der Waals surface area (Å²) in [5, 5.41) is 1.06.